The van der Waals surface area contributed by atoms with Crippen molar-refractivity contribution in [2.75, 3.05) is 32.7 Å². The number of likely N-dealkylation sites (tertiary alicyclic amines) is 1. The van der Waals surface area contributed by atoms with E-state index >= 15 is 0 Å². The fraction of sp³-hybridized carbons (Fsp3) is 0.682. The zero-order valence-corrected chi connectivity index (χ0v) is 17.2. The summed E-state index contributed by atoms with van der Waals surface area (Å²) in [7, 11) is 0. The van der Waals surface area contributed by atoms with Gasteiger partial charge in [-0.1, -0.05) is 29.8 Å². The van der Waals surface area contributed by atoms with Gasteiger partial charge in [-0.05, 0) is 46.1 Å². The molecule has 0 aliphatic carbocycles. The normalized spacial score (nSPS) is 25.9. The van der Waals surface area contributed by atoms with E-state index in [0.29, 0.717) is 12.1 Å². The zero-order chi connectivity index (χ0) is 18.9. The minimum Gasteiger partial charge on any atom is -0.343 e. The lowest BCUT2D eigenvalue weighted by Crippen LogP contribution is -2.62. The van der Waals surface area contributed by atoms with Crippen molar-refractivity contribution < 1.29 is 4.79 Å². The van der Waals surface area contributed by atoms with E-state index in [9.17, 15) is 4.79 Å². The highest BCUT2D eigenvalue weighted by atomic mass is 16.2. The van der Waals surface area contributed by atoms with Crippen molar-refractivity contribution in [3.8, 4) is 0 Å². The summed E-state index contributed by atoms with van der Waals surface area (Å²) in [6.07, 6.45) is 2.18. The van der Waals surface area contributed by atoms with Gasteiger partial charge in [0.15, 0.2) is 0 Å². The molecule has 4 heteroatoms. The molecule has 0 saturated carbocycles. The van der Waals surface area contributed by atoms with Gasteiger partial charge in [-0.15, -0.1) is 0 Å². The Kier molecular flexibility index (Phi) is 5.73. The second-order valence-corrected chi connectivity index (χ2v) is 8.62. The van der Waals surface area contributed by atoms with Crippen LogP contribution in [0, 0.1) is 6.92 Å². The SMILES string of the molecule is CC(=O)N1CCC(C)(N2CCN([C@@H](C)c3ccc(C)cc3)[C@@H](C)C2)CC1. The van der Waals surface area contributed by atoms with Crippen molar-refractivity contribution in [1.82, 2.24) is 14.7 Å². The number of carbonyl (C=O) groups is 1. The summed E-state index contributed by atoms with van der Waals surface area (Å²) in [5.41, 5.74) is 2.97. The number of rotatable bonds is 3. The maximum absolute atomic E-state index is 11.6. The number of aryl methyl sites for hydroxylation is 1. The van der Waals surface area contributed by atoms with Crippen LogP contribution in [0.3, 0.4) is 0 Å². The van der Waals surface area contributed by atoms with Crippen LogP contribution < -0.4 is 0 Å². The molecule has 2 aliphatic rings. The molecule has 2 fully saturated rings. The van der Waals surface area contributed by atoms with Crippen LogP contribution in [0.5, 0.6) is 0 Å². The predicted octanol–water partition coefficient (Wildman–Crippen LogP) is 3.46. The highest BCUT2D eigenvalue weighted by Gasteiger charge is 2.40. The van der Waals surface area contributed by atoms with Crippen molar-refractivity contribution in [1.29, 1.82) is 0 Å². The average Bonchev–Trinajstić information content (AvgIpc) is 2.62. The fourth-order valence-electron chi connectivity index (χ4n) is 4.69. The monoisotopic (exact) mass is 357 g/mol. The second kappa shape index (κ2) is 7.69. The molecule has 2 saturated heterocycles. The molecule has 2 aliphatic heterocycles. The lowest BCUT2D eigenvalue weighted by molar-refractivity contribution is -0.132. The topological polar surface area (TPSA) is 26.8 Å². The molecular formula is C22H35N3O. The summed E-state index contributed by atoms with van der Waals surface area (Å²) in [6.45, 7) is 16.1. The van der Waals surface area contributed by atoms with E-state index in [1.54, 1.807) is 6.92 Å². The van der Waals surface area contributed by atoms with Crippen molar-refractivity contribution in [2.45, 2.75) is 65.1 Å². The Labute approximate surface area is 159 Å². The maximum atomic E-state index is 11.6. The maximum Gasteiger partial charge on any atom is 0.219 e. The Morgan fingerprint density at radius 3 is 2.27 bits per heavy atom. The first kappa shape index (κ1) is 19.4. The number of hydrogen-bond donors (Lipinski definition) is 0. The van der Waals surface area contributed by atoms with Gasteiger partial charge >= 0.3 is 0 Å². The van der Waals surface area contributed by atoms with Crippen LogP contribution in [0.15, 0.2) is 24.3 Å². The number of benzene rings is 1. The van der Waals surface area contributed by atoms with E-state index in [1.165, 1.54) is 11.1 Å². The summed E-state index contributed by atoms with van der Waals surface area (Å²) in [5, 5.41) is 0. The summed E-state index contributed by atoms with van der Waals surface area (Å²) >= 11 is 0. The van der Waals surface area contributed by atoms with Crippen LogP contribution in [-0.4, -0.2) is 64.9 Å². The van der Waals surface area contributed by atoms with Gasteiger partial charge in [0.25, 0.3) is 0 Å². The molecule has 2 atom stereocenters. The molecule has 0 bridgehead atoms. The Bertz CT molecular complexity index is 619. The van der Waals surface area contributed by atoms with E-state index in [2.05, 4.69) is 61.8 Å². The largest absolute Gasteiger partial charge is 0.343 e. The Balaban J connectivity index is 1.61. The van der Waals surface area contributed by atoms with Gasteiger partial charge in [0.1, 0.15) is 0 Å². The lowest BCUT2D eigenvalue weighted by Gasteiger charge is -2.52. The van der Waals surface area contributed by atoms with Gasteiger partial charge in [-0.3, -0.25) is 14.6 Å². The highest BCUT2D eigenvalue weighted by Crippen LogP contribution is 2.33. The molecule has 1 aromatic carbocycles. The van der Waals surface area contributed by atoms with Crippen LogP contribution in [0.2, 0.25) is 0 Å². The van der Waals surface area contributed by atoms with Gasteiger partial charge in [-0.25, -0.2) is 0 Å². The molecule has 0 radical (unpaired) electrons. The quantitative estimate of drug-likeness (QED) is 0.829. The number of piperazine rings is 1. The minimum absolute atomic E-state index is 0.220. The van der Waals surface area contributed by atoms with E-state index in [0.717, 1.165) is 45.6 Å². The molecule has 2 heterocycles. The molecule has 0 N–H and O–H groups in total. The molecule has 3 rings (SSSR count). The van der Waals surface area contributed by atoms with E-state index in [1.807, 2.05) is 4.90 Å². The summed E-state index contributed by atoms with van der Waals surface area (Å²) in [4.78, 5) is 19.0. The number of carbonyl (C=O) groups excluding carboxylic acids is 1. The summed E-state index contributed by atoms with van der Waals surface area (Å²) in [6, 6.07) is 9.99. The molecule has 26 heavy (non-hydrogen) atoms. The number of piperidine rings is 1. The van der Waals surface area contributed by atoms with Gasteiger partial charge in [0, 0.05) is 57.3 Å². The molecule has 0 unspecified atom stereocenters. The van der Waals surface area contributed by atoms with E-state index < -0.39 is 0 Å². The molecule has 4 nitrogen and oxygen atoms in total. The van der Waals surface area contributed by atoms with Crippen LogP contribution >= 0.6 is 0 Å². The van der Waals surface area contributed by atoms with Crippen molar-refractivity contribution in [2.24, 2.45) is 0 Å². The summed E-state index contributed by atoms with van der Waals surface area (Å²) < 4.78 is 0. The van der Waals surface area contributed by atoms with Gasteiger partial charge < -0.3 is 4.90 Å². The third-order valence-electron chi connectivity index (χ3n) is 6.79. The number of hydrogen-bond acceptors (Lipinski definition) is 3. The first-order valence-corrected chi connectivity index (χ1v) is 10.1. The Hall–Kier alpha value is -1.39. The first-order chi connectivity index (χ1) is 12.3. The number of nitrogens with zero attached hydrogens (tertiary/aromatic N) is 3. The van der Waals surface area contributed by atoms with Crippen LogP contribution in [0.25, 0.3) is 0 Å². The average molecular weight is 358 g/mol. The minimum atomic E-state index is 0.220. The van der Waals surface area contributed by atoms with Crippen LogP contribution in [0.4, 0.5) is 0 Å². The van der Waals surface area contributed by atoms with E-state index in [4.69, 9.17) is 0 Å². The van der Waals surface area contributed by atoms with Crippen molar-refractivity contribution >= 4 is 5.91 Å². The van der Waals surface area contributed by atoms with Crippen molar-refractivity contribution in [3.63, 3.8) is 0 Å². The Morgan fingerprint density at radius 2 is 1.73 bits per heavy atom. The van der Waals surface area contributed by atoms with Crippen molar-refractivity contribution in [3.05, 3.63) is 35.4 Å². The molecular weight excluding hydrogens is 322 g/mol. The first-order valence-electron chi connectivity index (χ1n) is 10.1. The smallest absolute Gasteiger partial charge is 0.219 e. The fourth-order valence-corrected chi connectivity index (χ4v) is 4.69. The third kappa shape index (κ3) is 3.96. The van der Waals surface area contributed by atoms with Crippen LogP contribution in [-0.2, 0) is 4.79 Å². The lowest BCUT2D eigenvalue weighted by atomic mass is 9.86. The molecule has 0 spiro atoms. The van der Waals surface area contributed by atoms with Crippen LogP contribution in [0.1, 0.15) is 57.7 Å². The van der Waals surface area contributed by atoms with Gasteiger partial charge in [0.2, 0.25) is 5.91 Å². The van der Waals surface area contributed by atoms with E-state index in [-0.39, 0.29) is 11.4 Å². The van der Waals surface area contributed by atoms with Gasteiger partial charge in [-0.2, -0.15) is 0 Å². The zero-order valence-electron chi connectivity index (χ0n) is 17.2. The third-order valence-corrected chi connectivity index (χ3v) is 6.79. The standard InChI is InChI=1S/C22H35N3O/c1-17-6-8-21(9-7-17)19(3)25-15-14-24(16-18(25)2)22(5)10-12-23(13-11-22)20(4)26/h6-9,18-19H,10-16H2,1-5H3/t18-,19-/m0/s1. The summed E-state index contributed by atoms with van der Waals surface area (Å²) in [5.74, 6) is 0.220. The predicted molar refractivity (Wildman–Crippen MR) is 107 cm³/mol. The Morgan fingerprint density at radius 1 is 1.12 bits per heavy atom. The molecule has 1 amide bonds. The number of amides is 1. The highest BCUT2D eigenvalue weighted by molar-refractivity contribution is 5.73. The van der Waals surface area contributed by atoms with Gasteiger partial charge in [0.05, 0.1) is 0 Å². The second-order valence-electron chi connectivity index (χ2n) is 8.62. The molecule has 144 valence electrons. The molecule has 1 aromatic rings. The molecule has 0 aromatic heterocycles.